The van der Waals surface area contributed by atoms with Gasteiger partial charge < -0.3 is 10.2 Å². The zero-order valence-electron chi connectivity index (χ0n) is 17.0. The smallest absolute Gasteiger partial charge is 0.239 e. The number of hydrogen-bond donors (Lipinski definition) is 1. The minimum Gasteiger partial charge on any atom is -0.453 e. The number of carbonyl (C=O) groups excluding carboxylic acids is 1. The predicted octanol–water partition coefficient (Wildman–Crippen LogP) is 3.59. The van der Waals surface area contributed by atoms with Gasteiger partial charge in [0.25, 0.3) is 0 Å². The third-order valence-electron chi connectivity index (χ3n) is 5.35. The normalized spacial score (nSPS) is 20.4. The van der Waals surface area contributed by atoms with Crippen molar-refractivity contribution >= 4 is 44.3 Å². The van der Waals surface area contributed by atoms with E-state index in [9.17, 15) is 22.0 Å². The van der Waals surface area contributed by atoms with Gasteiger partial charge in [0.2, 0.25) is 21.8 Å². The molecule has 0 aliphatic carbocycles. The Balaban J connectivity index is 1.71. The van der Waals surface area contributed by atoms with Crippen LogP contribution in [0.15, 0.2) is 45.8 Å². The lowest BCUT2D eigenvalue weighted by Crippen LogP contribution is -2.50. The van der Waals surface area contributed by atoms with Crippen LogP contribution in [0.1, 0.15) is 28.6 Å². The molecule has 1 aliphatic heterocycles. The molecule has 1 aromatic heterocycles. The van der Waals surface area contributed by atoms with Crippen LogP contribution in [-0.4, -0.2) is 37.3 Å². The molecule has 2 N–H and O–H groups in total. The minimum atomic E-state index is -3.90. The van der Waals surface area contributed by atoms with Crippen LogP contribution >= 0.6 is 11.6 Å². The second-order valence-corrected chi connectivity index (χ2v) is 10.2. The molecular weight excluding hydrogens is 464 g/mol. The van der Waals surface area contributed by atoms with Crippen LogP contribution in [0.25, 0.3) is 11.0 Å². The van der Waals surface area contributed by atoms with E-state index in [0.717, 1.165) is 10.4 Å². The number of nitrogens with zero attached hydrogens (tertiary/aromatic N) is 2. The van der Waals surface area contributed by atoms with Gasteiger partial charge in [-0.1, -0.05) is 11.6 Å². The quantitative estimate of drug-likeness (QED) is 0.573. The molecular formula is C21H18ClF2N3O4S. The summed E-state index contributed by atoms with van der Waals surface area (Å²) in [7, 11) is -2.68. The molecule has 0 fully saturated rings. The van der Waals surface area contributed by atoms with Crippen molar-refractivity contribution in [2.45, 2.75) is 18.9 Å². The molecule has 0 saturated carbocycles. The van der Waals surface area contributed by atoms with Crippen molar-refractivity contribution < 1.29 is 26.4 Å². The van der Waals surface area contributed by atoms with Crippen molar-refractivity contribution in [3.8, 4) is 0 Å². The van der Waals surface area contributed by atoms with Crippen LogP contribution in [0.3, 0.4) is 0 Å². The second-order valence-electron chi connectivity index (χ2n) is 7.80. The van der Waals surface area contributed by atoms with Gasteiger partial charge in [-0.15, -0.1) is 0 Å². The van der Waals surface area contributed by atoms with Gasteiger partial charge >= 0.3 is 0 Å². The van der Waals surface area contributed by atoms with Gasteiger partial charge in [0.05, 0.1) is 5.75 Å². The van der Waals surface area contributed by atoms with E-state index in [-0.39, 0.29) is 29.3 Å². The molecule has 0 amide bonds. The summed E-state index contributed by atoms with van der Waals surface area (Å²) >= 11 is 5.94. The van der Waals surface area contributed by atoms with E-state index in [1.165, 1.54) is 26.1 Å². The largest absolute Gasteiger partial charge is 0.453 e. The fourth-order valence-electron chi connectivity index (χ4n) is 3.65. The maximum absolute atomic E-state index is 14.7. The Kier molecular flexibility index (Phi) is 5.25. The first-order chi connectivity index (χ1) is 14.9. The van der Waals surface area contributed by atoms with Gasteiger partial charge in [-0.2, -0.15) is 0 Å². The molecule has 11 heteroatoms. The Bertz CT molecular complexity index is 1400. The fraction of sp³-hybridized carbons (Fsp3) is 0.238. The molecule has 7 nitrogen and oxygen atoms in total. The molecule has 0 radical (unpaired) electrons. The maximum atomic E-state index is 14.7. The van der Waals surface area contributed by atoms with Crippen molar-refractivity contribution in [2.24, 2.45) is 10.7 Å². The van der Waals surface area contributed by atoms with Gasteiger partial charge in [0, 0.05) is 29.4 Å². The number of Topliss-reactive ketones (excluding diaryl/α,β-unsaturated/α-hetero) is 1. The number of carbonyl (C=O) groups is 1. The second kappa shape index (κ2) is 7.56. The Morgan fingerprint density at radius 1 is 1.28 bits per heavy atom. The average Bonchev–Trinajstić information content (AvgIpc) is 3.11. The molecule has 2 heterocycles. The lowest BCUT2D eigenvalue weighted by atomic mass is 9.91. The van der Waals surface area contributed by atoms with Gasteiger partial charge in [-0.05, 0) is 48.9 Å². The lowest BCUT2D eigenvalue weighted by Gasteiger charge is -2.34. The molecule has 0 saturated heterocycles. The molecule has 0 unspecified atom stereocenters. The number of rotatable bonds is 4. The topological polar surface area (TPSA) is 106 Å². The SMILES string of the molecule is CN1C(N)=N[C@](C)(c2cc(CC(=O)c3cc4cc(Cl)ccc4o3)cc(F)c2F)CS1(=O)=O. The number of guanidine groups is 1. The van der Waals surface area contributed by atoms with Crippen LogP contribution in [0.4, 0.5) is 8.78 Å². The van der Waals surface area contributed by atoms with Crippen LogP contribution in [0, 0.1) is 11.6 Å². The van der Waals surface area contributed by atoms with Crippen molar-refractivity contribution in [1.29, 1.82) is 0 Å². The first-order valence-corrected chi connectivity index (χ1v) is 11.4. The summed E-state index contributed by atoms with van der Waals surface area (Å²) < 4.78 is 60.3. The van der Waals surface area contributed by atoms with E-state index >= 15 is 0 Å². The Labute approximate surface area is 187 Å². The standard InChI is InChI=1S/C21H18ClF2N3O4S/c1-21(10-32(29,30)27(2)20(25)26-21)14-5-11(6-15(23)19(14)24)7-16(28)18-9-12-8-13(22)3-4-17(12)31-18/h3-6,8-9H,7,10H2,1-2H3,(H2,25,26)/t21-/m0/s1. The van der Waals surface area contributed by atoms with Crippen molar-refractivity contribution in [2.75, 3.05) is 12.8 Å². The third kappa shape index (κ3) is 3.84. The van der Waals surface area contributed by atoms with Crippen LogP contribution in [-0.2, 0) is 22.0 Å². The zero-order chi connectivity index (χ0) is 23.4. The number of sulfonamides is 1. The molecule has 0 spiro atoms. The maximum Gasteiger partial charge on any atom is 0.239 e. The van der Waals surface area contributed by atoms with E-state index in [1.807, 2.05) is 0 Å². The summed E-state index contributed by atoms with van der Waals surface area (Å²) in [6, 6.07) is 8.50. The van der Waals surface area contributed by atoms with Crippen LogP contribution in [0.5, 0.6) is 0 Å². The highest BCUT2D eigenvalue weighted by Crippen LogP contribution is 2.35. The van der Waals surface area contributed by atoms with E-state index in [2.05, 4.69) is 4.99 Å². The summed E-state index contributed by atoms with van der Waals surface area (Å²) in [6.07, 6.45) is -0.306. The number of nitrogens with two attached hydrogens (primary N) is 1. The first-order valence-electron chi connectivity index (χ1n) is 9.42. The molecule has 32 heavy (non-hydrogen) atoms. The molecule has 2 aromatic carbocycles. The highest BCUT2D eigenvalue weighted by atomic mass is 35.5. The number of aliphatic imine (C=N–C) groups is 1. The Hall–Kier alpha value is -2.98. The molecule has 4 rings (SSSR count). The molecule has 1 atom stereocenters. The summed E-state index contributed by atoms with van der Waals surface area (Å²) in [5, 5.41) is 1.10. The van der Waals surface area contributed by atoms with Crippen LogP contribution in [0.2, 0.25) is 5.02 Å². The van der Waals surface area contributed by atoms with E-state index < -0.39 is 38.7 Å². The van der Waals surface area contributed by atoms with E-state index in [1.54, 1.807) is 18.2 Å². The number of benzene rings is 2. The zero-order valence-corrected chi connectivity index (χ0v) is 18.6. The van der Waals surface area contributed by atoms with Crippen molar-refractivity contribution in [1.82, 2.24) is 4.31 Å². The Morgan fingerprint density at radius 2 is 2.00 bits per heavy atom. The predicted molar refractivity (Wildman–Crippen MR) is 116 cm³/mol. The van der Waals surface area contributed by atoms with E-state index in [0.29, 0.717) is 16.0 Å². The number of fused-ring (bicyclic) bond motifs is 1. The monoisotopic (exact) mass is 481 g/mol. The highest BCUT2D eigenvalue weighted by molar-refractivity contribution is 7.89. The summed E-state index contributed by atoms with van der Waals surface area (Å²) in [5.41, 5.74) is 4.31. The van der Waals surface area contributed by atoms with Crippen molar-refractivity contribution in [3.05, 3.63) is 69.9 Å². The third-order valence-corrected chi connectivity index (χ3v) is 7.53. The molecule has 1 aliphatic rings. The lowest BCUT2D eigenvalue weighted by molar-refractivity contribution is 0.0968. The number of ketones is 1. The minimum absolute atomic E-state index is 0.0314. The summed E-state index contributed by atoms with van der Waals surface area (Å²) in [4.78, 5) is 16.8. The van der Waals surface area contributed by atoms with Crippen LogP contribution < -0.4 is 5.73 Å². The average molecular weight is 482 g/mol. The molecule has 168 valence electrons. The van der Waals surface area contributed by atoms with Gasteiger partial charge in [-0.25, -0.2) is 26.5 Å². The molecule has 3 aromatic rings. The Morgan fingerprint density at radius 3 is 2.69 bits per heavy atom. The van der Waals surface area contributed by atoms with E-state index in [4.69, 9.17) is 21.8 Å². The van der Waals surface area contributed by atoms with Gasteiger partial charge in [0.1, 0.15) is 11.1 Å². The van der Waals surface area contributed by atoms with Gasteiger partial charge in [-0.3, -0.25) is 4.79 Å². The first kappa shape index (κ1) is 22.2. The molecule has 0 bridgehead atoms. The fourth-order valence-corrected chi connectivity index (χ4v) is 5.28. The number of hydrogen-bond acceptors (Lipinski definition) is 6. The van der Waals surface area contributed by atoms with Gasteiger partial charge in [0.15, 0.2) is 17.4 Å². The highest BCUT2D eigenvalue weighted by Gasteiger charge is 2.42. The summed E-state index contributed by atoms with van der Waals surface area (Å²) in [5.74, 6) is -3.88. The number of halogens is 3. The summed E-state index contributed by atoms with van der Waals surface area (Å²) in [6.45, 7) is 1.34. The number of furan rings is 1. The van der Waals surface area contributed by atoms with Crippen molar-refractivity contribution in [3.63, 3.8) is 0 Å².